The Kier molecular flexibility index (Phi) is 4.61. The summed E-state index contributed by atoms with van der Waals surface area (Å²) < 4.78 is 18.1. The standard InChI is InChI=1S/C11H13FO3S/c1-7(11(13)14)16-6-8-5-9(12)3-4-10(8)15-2/h3-5,7H,6H2,1-2H3,(H,13,14). The Hall–Kier alpha value is -1.23. The highest BCUT2D eigenvalue weighted by Gasteiger charge is 2.13. The van der Waals surface area contributed by atoms with Crippen LogP contribution in [0.4, 0.5) is 4.39 Å². The Morgan fingerprint density at radius 1 is 1.62 bits per heavy atom. The fourth-order valence-corrected chi connectivity index (χ4v) is 1.94. The summed E-state index contributed by atoms with van der Waals surface area (Å²) in [6.45, 7) is 1.60. The van der Waals surface area contributed by atoms with Crippen molar-refractivity contribution in [2.75, 3.05) is 7.11 Å². The molecule has 1 rings (SSSR count). The van der Waals surface area contributed by atoms with E-state index in [2.05, 4.69) is 0 Å². The van der Waals surface area contributed by atoms with Crippen molar-refractivity contribution in [1.29, 1.82) is 0 Å². The fraction of sp³-hybridized carbons (Fsp3) is 0.364. The van der Waals surface area contributed by atoms with Crippen LogP contribution in [0.5, 0.6) is 5.75 Å². The van der Waals surface area contributed by atoms with Crippen molar-refractivity contribution in [3.05, 3.63) is 29.6 Å². The van der Waals surface area contributed by atoms with E-state index in [9.17, 15) is 9.18 Å². The van der Waals surface area contributed by atoms with Crippen molar-refractivity contribution in [1.82, 2.24) is 0 Å². The van der Waals surface area contributed by atoms with Gasteiger partial charge in [0.05, 0.1) is 12.4 Å². The molecule has 0 radical (unpaired) electrons. The average Bonchev–Trinajstić information content (AvgIpc) is 2.25. The van der Waals surface area contributed by atoms with Gasteiger partial charge in [-0.15, -0.1) is 11.8 Å². The minimum Gasteiger partial charge on any atom is -0.496 e. The first kappa shape index (κ1) is 12.8. The Morgan fingerprint density at radius 2 is 2.31 bits per heavy atom. The van der Waals surface area contributed by atoms with Crippen molar-refractivity contribution in [2.24, 2.45) is 0 Å². The lowest BCUT2D eigenvalue weighted by Gasteiger charge is -2.10. The van der Waals surface area contributed by atoms with E-state index < -0.39 is 11.2 Å². The second kappa shape index (κ2) is 5.75. The summed E-state index contributed by atoms with van der Waals surface area (Å²) in [7, 11) is 1.50. The van der Waals surface area contributed by atoms with Crippen molar-refractivity contribution < 1.29 is 19.0 Å². The molecule has 88 valence electrons. The number of thioether (sulfide) groups is 1. The van der Waals surface area contributed by atoms with Crippen LogP contribution in [0, 0.1) is 5.82 Å². The molecule has 1 atom stereocenters. The lowest BCUT2D eigenvalue weighted by molar-refractivity contribution is -0.136. The highest BCUT2D eigenvalue weighted by molar-refractivity contribution is 7.99. The molecule has 0 bridgehead atoms. The Labute approximate surface area is 97.6 Å². The third-order valence-corrected chi connectivity index (χ3v) is 3.26. The van der Waals surface area contributed by atoms with Gasteiger partial charge in [-0.1, -0.05) is 0 Å². The molecule has 0 fully saturated rings. The first-order valence-corrected chi connectivity index (χ1v) is 5.76. The number of benzene rings is 1. The van der Waals surface area contributed by atoms with Crippen LogP contribution in [0.15, 0.2) is 18.2 Å². The summed E-state index contributed by atoms with van der Waals surface area (Å²) in [5.74, 6) is -0.236. The average molecular weight is 244 g/mol. The molecule has 0 amide bonds. The van der Waals surface area contributed by atoms with E-state index in [1.165, 1.54) is 37.1 Å². The Bertz CT molecular complexity index is 381. The lowest BCUT2D eigenvalue weighted by atomic mass is 10.2. The van der Waals surface area contributed by atoms with Crippen molar-refractivity contribution in [2.45, 2.75) is 17.9 Å². The number of aliphatic carboxylic acids is 1. The molecule has 0 spiro atoms. The molecule has 0 saturated heterocycles. The first-order valence-electron chi connectivity index (χ1n) is 4.71. The third kappa shape index (κ3) is 3.41. The smallest absolute Gasteiger partial charge is 0.316 e. The maximum absolute atomic E-state index is 13.0. The van der Waals surface area contributed by atoms with Gasteiger partial charge >= 0.3 is 5.97 Å². The molecule has 0 heterocycles. The highest BCUT2D eigenvalue weighted by atomic mass is 32.2. The number of carboxylic acids is 1. The molecule has 3 nitrogen and oxygen atoms in total. The molecular weight excluding hydrogens is 231 g/mol. The van der Waals surface area contributed by atoms with Crippen LogP contribution in [-0.2, 0) is 10.5 Å². The molecule has 0 aliphatic rings. The molecule has 5 heteroatoms. The molecule has 0 aliphatic heterocycles. The number of halogens is 1. The second-order valence-corrected chi connectivity index (χ2v) is 4.58. The number of carbonyl (C=O) groups is 1. The van der Waals surface area contributed by atoms with Crippen molar-refractivity contribution in [3.8, 4) is 5.75 Å². The van der Waals surface area contributed by atoms with E-state index in [0.29, 0.717) is 17.1 Å². The van der Waals surface area contributed by atoms with E-state index in [-0.39, 0.29) is 5.82 Å². The number of methoxy groups -OCH3 is 1. The molecule has 1 aromatic carbocycles. The molecule has 1 N–H and O–H groups in total. The van der Waals surface area contributed by atoms with E-state index in [1.54, 1.807) is 6.92 Å². The third-order valence-electron chi connectivity index (χ3n) is 2.08. The zero-order valence-corrected chi connectivity index (χ0v) is 9.88. The number of hydrogen-bond acceptors (Lipinski definition) is 3. The molecule has 0 saturated carbocycles. The monoisotopic (exact) mass is 244 g/mol. The zero-order valence-electron chi connectivity index (χ0n) is 9.07. The Balaban J connectivity index is 2.72. The molecular formula is C11H13FO3S. The normalized spacial score (nSPS) is 12.2. The van der Waals surface area contributed by atoms with Crippen LogP contribution < -0.4 is 4.74 Å². The van der Waals surface area contributed by atoms with Gasteiger partial charge in [-0.2, -0.15) is 0 Å². The van der Waals surface area contributed by atoms with Gasteiger partial charge in [-0.25, -0.2) is 4.39 Å². The molecule has 16 heavy (non-hydrogen) atoms. The van der Waals surface area contributed by atoms with E-state index in [4.69, 9.17) is 9.84 Å². The van der Waals surface area contributed by atoms with E-state index in [0.717, 1.165) is 0 Å². The van der Waals surface area contributed by atoms with Crippen LogP contribution in [-0.4, -0.2) is 23.4 Å². The van der Waals surface area contributed by atoms with Gasteiger partial charge in [0.2, 0.25) is 0 Å². The van der Waals surface area contributed by atoms with Crippen LogP contribution >= 0.6 is 11.8 Å². The number of hydrogen-bond donors (Lipinski definition) is 1. The summed E-state index contributed by atoms with van der Waals surface area (Å²) in [6, 6.07) is 4.21. The van der Waals surface area contributed by atoms with Gasteiger partial charge in [0.25, 0.3) is 0 Å². The number of carboxylic acid groups (broad SMARTS) is 1. The fourth-order valence-electron chi connectivity index (χ4n) is 1.15. The van der Waals surface area contributed by atoms with Crippen LogP contribution in [0.25, 0.3) is 0 Å². The van der Waals surface area contributed by atoms with Gasteiger partial charge in [-0.3, -0.25) is 4.79 Å². The largest absolute Gasteiger partial charge is 0.496 e. The maximum atomic E-state index is 13.0. The van der Waals surface area contributed by atoms with E-state index >= 15 is 0 Å². The second-order valence-electron chi connectivity index (χ2n) is 3.25. The quantitative estimate of drug-likeness (QED) is 0.864. The van der Waals surface area contributed by atoms with Gasteiger partial charge < -0.3 is 9.84 Å². The van der Waals surface area contributed by atoms with Gasteiger partial charge in [0, 0.05) is 11.3 Å². The van der Waals surface area contributed by atoms with E-state index in [1.807, 2.05) is 0 Å². The SMILES string of the molecule is COc1ccc(F)cc1CSC(C)C(=O)O. The van der Waals surface area contributed by atoms with Crippen LogP contribution in [0.1, 0.15) is 12.5 Å². The van der Waals surface area contributed by atoms with Gasteiger partial charge in [0.15, 0.2) is 0 Å². The first-order chi connectivity index (χ1) is 7.54. The summed E-state index contributed by atoms with van der Waals surface area (Å²) in [5.41, 5.74) is 0.667. The topological polar surface area (TPSA) is 46.5 Å². The predicted octanol–water partition coefficient (Wildman–Crippen LogP) is 2.54. The molecule has 1 unspecified atom stereocenters. The number of ether oxygens (including phenoxy) is 1. The Morgan fingerprint density at radius 3 is 2.88 bits per heavy atom. The zero-order chi connectivity index (χ0) is 12.1. The van der Waals surface area contributed by atoms with Crippen LogP contribution in [0.2, 0.25) is 0 Å². The van der Waals surface area contributed by atoms with Crippen molar-refractivity contribution >= 4 is 17.7 Å². The van der Waals surface area contributed by atoms with Gasteiger partial charge in [-0.05, 0) is 25.1 Å². The van der Waals surface area contributed by atoms with Gasteiger partial charge in [0.1, 0.15) is 11.6 Å². The summed E-state index contributed by atoms with van der Waals surface area (Å²) >= 11 is 1.23. The minimum absolute atomic E-state index is 0.348. The number of rotatable bonds is 5. The molecule has 0 aliphatic carbocycles. The lowest BCUT2D eigenvalue weighted by Crippen LogP contribution is -2.11. The maximum Gasteiger partial charge on any atom is 0.316 e. The summed E-state index contributed by atoms with van der Waals surface area (Å²) in [6.07, 6.45) is 0. The summed E-state index contributed by atoms with van der Waals surface area (Å²) in [4.78, 5) is 10.6. The predicted molar refractivity (Wildman–Crippen MR) is 61.3 cm³/mol. The minimum atomic E-state index is -0.875. The van der Waals surface area contributed by atoms with Crippen LogP contribution in [0.3, 0.4) is 0 Å². The van der Waals surface area contributed by atoms with Crippen molar-refractivity contribution in [3.63, 3.8) is 0 Å². The summed E-state index contributed by atoms with van der Waals surface area (Å²) in [5, 5.41) is 8.19. The molecule has 1 aromatic rings. The molecule has 0 aromatic heterocycles. The highest BCUT2D eigenvalue weighted by Crippen LogP contribution is 2.26.